The Kier molecular flexibility index (Phi) is 6.73. The molecule has 4 aromatic rings. The minimum atomic E-state index is 0.114. The van der Waals surface area contributed by atoms with Gasteiger partial charge in [0.15, 0.2) is 0 Å². The highest BCUT2D eigenvalue weighted by Gasteiger charge is 2.23. The second-order valence-electron chi connectivity index (χ2n) is 10.9. The molecule has 1 N–H and O–H groups in total. The van der Waals surface area contributed by atoms with Crippen LogP contribution in [0.25, 0.3) is 22.0 Å². The molecule has 6 nitrogen and oxygen atoms in total. The number of ether oxygens (including phenoxy) is 1. The normalized spacial score (nSPS) is 18.9. The summed E-state index contributed by atoms with van der Waals surface area (Å²) in [6.07, 6.45) is 4.04. The van der Waals surface area contributed by atoms with Crippen LogP contribution >= 0.6 is 0 Å². The van der Waals surface area contributed by atoms with Crippen LogP contribution in [0, 0.1) is 0 Å². The van der Waals surface area contributed by atoms with E-state index in [1.54, 1.807) is 0 Å². The summed E-state index contributed by atoms with van der Waals surface area (Å²) in [6.45, 7) is 13.4. The number of pyridine rings is 1. The lowest BCUT2D eigenvalue weighted by atomic mass is 9.87. The van der Waals surface area contributed by atoms with Crippen LogP contribution in [-0.2, 0) is 16.7 Å². The van der Waals surface area contributed by atoms with Gasteiger partial charge in [0.05, 0.1) is 24.3 Å². The highest BCUT2D eigenvalue weighted by Crippen LogP contribution is 2.30. The van der Waals surface area contributed by atoms with Crippen molar-refractivity contribution in [2.75, 3.05) is 18.4 Å². The van der Waals surface area contributed by atoms with Crippen LogP contribution in [0.2, 0.25) is 0 Å². The lowest BCUT2D eigenvalue weighted by Gasteiger charge is -2.34. The van der Waals surface area contributed by atoms with Crippen LogP contribution in [0.1, 0.15) is 46.0 Å². The standard InChI is InChI=1S/C30H35N5O/c1-20-17-35(18-21(2)36-20)19-28-33-27-16-23(22-12-14-31-15-13-22)6-11-26(27)29(34-28)32-25-9-7-24(8-10-25)30(3,4)5/h6-16,20-21H,17-19H2,1-5H3,(H,32,33,34). The van der Waals surface area contributed by atoms with E-state index in [9.17, 15) is 0 Å². The topological polar surface area (TPSA) is 63.2 Å². The van der Waals surface area contributed by atoms with Crippen molar-refractivity contribution in [3.63, 3.8) is 0 Å². The smallest absolute Gasteiger partial charge is 0.145 e. The van der Waals surface area contributed by atoms with Crippen molar-refractivity contribution in [3.8, 4) is 11.1 Å². The summed E-state index contributed by atoms with van der Waals surface area (Å²) in [7, 11) is 0. The van der Waals surface area contributed by atoms with Gasteiger partial charge in [-0.1, -0.05) is 39.0 Å². The van der Waals surface area contributed by atoms with E-state index in [1.807, 2.05) is 24.5 Å². The molecular formula is C30H35N5O. The molecule has 1 saturated heterocycles. The first kappa shape index (κ1) is 24.3. The summed E-state index contributed by atoms with van der Waals surface area (Å²) in [5.41, 5.74) is 5.60. The molecule has 186 valence electrons. The van der Waals surface area contributed by atoms with Gasteiger partial charge >= 0.3 is 0 Å². The van der Waals surface area contributed by atoms with Crippen molar-refractivity contribution in [1.29, 1.82) is 0 Å². The first-order chi connectivity index (χ1) is 17.2. The number of benzene rings is 2. The number of hydrogen-bond donors (Lipinski definition) is 1. The number of rotatable bonds is 5. The molecule has 6 heteroatoms. The third-order valence-corrected chi connectivity index (χ3v) is 6.63. The quantitative estimate of drug-likeness (QED) is 0.359. The van der Waals surface area contributed by atoms with Crippen LogP contribution in [0.5, 0.6) is 0 Å². The average molecular weight is 482 g/mol. The number of fused-ring (bicyclic) bond motifs is 1. The zero-order chi connectivity index (χ0) is 25.3. The second-order valence-corrected chi connectivity index (χ2v) is 10.9. The van der Waals surface area contributed by atoms with E-state index in [0.717, 1.165) is 52.4 Å². The van der Waals surface area contributed by atoms with Gasteiger partial charge in [-0.15, -0.1) is 0 Å². The number of hydrogen-bond acceptors (Lipinski definition) is 6. The molecule has 0 spiro atoms. The van der Waals surface area contributed by atoms with Gasteiger partial charge < -0.3 is 10.1 Å². The van der Waals surface area contributed by atoms with Gasteiger partial charge in [-0.2, -0.15) is 0 Å². The van der Waals surface area contributed by atoms with Crippen LogP contribution in [0.4, 0.5) is 11.5 Å². The molecule has 2 unspecified atom stereocenters. The van der Waals surface area contributed by atoms with Crippen LogP contribution < -0.4 is 5.32 Å². The zero-order valence-electron chi connectivity index (χ0n) is 21.8. The Hall–Kier alpha value is -3.35. The Balaban J connectivity index is 1.52. The van der Waals surface area contributed by atoms with Gasteiger partial charge in [-0.05, 0) is 72.4 Å². The molecule has 2 aromatic carbocycles. The van der Waals surface area contributed by atoms with Gasteiger partial charge in [0, 0.05) is 36.6 Å². The minimum absolute atomic E-state index is 0.114. The number of anilines is 2. The van der Waals surface area contributed by atoms with E-state index >= 15 is 0 Å². The SMILES string of the molecule is CC1CN(Cc2nc(Nc3ccc(C(C)(C)C)cc3)c3ccc(-c4ccncc4)cc3n2)CC(C)O1. The van der Waals surface area contributed by atoms with Crippen molar-refractivity contribution in [3.05, 3.63) is 78.4 Å². The highest BCUT2D eigenvalue weighted by molar-refractivity contribution is 5.93. The lowest BCUT2D eigenvalue weighted by molar-refractivity contribution is -0.0710. The number of nitrogens with one attached hydrogen (secondary N) is 1. The molecule has 1 aliphatic heterocycles. The molecule has 36 heavy (non-hydrogen) atoms. The molecule has 3 heterocycles. The monoisotopic (exact) mass is 481 g/mol. The summed E-state index contributed by atoms with van der Waals surface area (Å²) in [5.74, 6) is 1.64. The van der Waals surface area contributed by atoms with Crippen molar-refractivity contribution in [2.24, 2.45) is 0 Å². The fraction of sp³-hybridized carbons (Fsp3) is 0.367. The Bertz CT molecular complexity index is 1320. The molecule has 1 fully saturated rings. The number of morpholine rings is 1. The fourth-order valence-electron chi connectivity index (χ4n) is 4.87. The van der Waals surface area contributed by atoms with Gasteiger partial charge in [-0.25, -0.2) is 9.97 Å². The second kappa shape index (κ2) is 9.96. The largest absolute Gasteiger partial charge is 0.373 e. The third-order valence-electron chi connectivity index (χ3n) is 6.63. The Morgan fingerprint density at radius 2 is 1.58 bits per heavy atom. The predicted octanol–water partition coefficient (Wildman–Crippen LogP) is 6.34. The summed E-state index contributed by atoms with van der Waals surface area (Å²) in [6, 6.07) is 19.1. The first-order valence-electron chi connectivity index (χ1n) is 12.7. The van der Waals surface area contributed by atoms with Gasteiger partial charge in [0.25, 0.3) is 0 Å². The van der Waals surface area contributed by atoms with Crippen molar-refractivity contribution < 1.29 is 4.74 Å². The molecule has 0 bridgehead atoms. The van der Waals surface area contributed by atoms with Crippen molar-refractivity contribution in [2.45, 2.75) is 58.8 Å². The summed E-state index contributed by atoms with van der Waals surface area (Å²) < 4.78 is 5.93. The zero-order valence-corrected chi connectivity index (χ0v) is 21.8. The Morgan fingerprint density at radius 3 is 2.25 bits per heavy atom. The van der Waals surface area contributed by atoms with Crippen molar-refractivity contribution in [1.82, 2.24) is 19.9 Å². The molecule has 2 aromatic heterocycles. The maximum atomic E-state index is 5.93. The molecule has 0 saturated carbocycles. The molecule has 0 amide bonds. The van der Waals surface area contributed by atoms with E-state index in [1.165, 1.54) is 5.56 Å². The molecule has 2 atom stereocenters. The average Bonchev–Trinajstić information content (AvgIpc) is 2.83. The van der Waals surface area contributed by atoms with Gasteiger partial charge in [0.1, 0.15) is 11.6 Å². The summed E-state index contributed by atoms with van der Waals surface area (Å²) in [5, 5.41) is 4.58. The van der Waals surface area contributed by atoms with Crippen LogP contribution in [0.15, 0.2) is 67.0 Å². The van der Waals surface area contributed by atoms with E-state index in [0.29, 0.717) is 6.54 Å². The van der Waals surface area contributed by atoms with Gasteiger partial charge in [-0.3, -0.25) is 9.88 Å². The lowest BCUT2D eigenvalue weighted by Crippen LogP contribution is -2.45. The number of aromatic nitrogens is 3. The first-order valence-corrected chi connectivity index (χ1v) is 12.7. The maximum Gasteiger partial charge on any atom is 0.145 e. The van der Waals surface area contributed by atoms with E-state index < -0.39 is 0 Å². The molecule has 0 radical (unpaired) electrons. The Labute approximate surface area is 213 Å². The van der Waals surface area contributed by atoms with Gasteiger partial charge in [0.2, 0.25) is 0 Å². The summed E-state index contributed by atoms with van der Waals surface area (Å²) >= 11 is 0. The molecule has 5 rings (SSSR count). The van der Waals surface area contributed by atoms with E-state index in [2.05, 4.69) is 92.3 Å². The predicted molar refractivity (Wildman–Crippen MR) is 146 cm³/mol. The number of nitrogens with zero attached hydrogens (tertiary/aromatic N) is 4. The molecule has 0 aliphatic carbocycles. The summed E-state index contributed by atoms with van der Waals surface area (Å²) in [4.78, 5) is 16.5. The third kappa shape index (κ3) is 5.55. The Morgan fingerprint density at radius 1 is 0.889 bits per heavy atom. The minimum Gasteiger partial charge on any atom is -0.373 e. The van der Waals surface area contributed by atoms with Crippen LogP contribution in [0.3, 0.4) is 0 Å². The highest BCUT2D eigenvalue weighted by atomic mass is 16.5. The van der Waals surface area contributed by atoms with E-state index in [4.69, 9.17) is 14.7 Å². The molecule has 1 aliphatic rings. The van der Waals surface area contributed by atoms with E-state index in [-0.39, 0.29) is 17.6 Å². The maximum absolute atomic E-state index is 5.93. The fourth-order valence-corrected chi connectivity index (χ4v) is 4.87. The van der Waals surface area contributed by atoms with Crippen molar-refractivity contribution >= 4 is 22.4 Å². The molecular weight excluding hydrogens is 446 g/mol. The van der Waals surface area contributed by atoms with Crippen LogP contribution in [-0.4, -0.2) is 45.1 Å².